The summed E-state index contributed by atoms with van der Waals surface area (Å²) < 4.78 is 5.57. The van der Waals surface area contributed by atoms with Crippen molar-refractivity contribution in [1.82, 2.24) is 4.90 Å². The molecule has 0 spiro atoms. The summed E-state index contributed by atoms with van der Waals surface area (Å²) in [7, 11) is 3.95. The molecule has 1 aliphatic carbocycles. The summed E-state index contributed by atoms with van der Waals surface area (Å²) in [5.74, 6) is 1.19. The minimum atomic E-state index is -0.821. The molecule has 1 aromatic carbocycles. The number of carbonyl (C=O) groups is 2. The molecule has 30 heavy (non-hydrogen) atoms. The summed E-state index contributed by atoms with van der Waals surface area (Å²) in [6.07, 6.45) is 6.65. The van der Waals surface area contributed by atoms with E-state index in [0.717, 1.165) is 25.0 Å². The Hall–Kier alpha value is -2.08. The Bertz CT molecular complexity index is 789. The normalized spacial score (nSPS) is 26.2. The summed E-state index contributed by atoms with van der Waals surface area (Å²) in [4.78, 5) is 27.7. The van der Waals surface area contributed by atoms with Gasteiger partial charge in [-0.25, -0.2) is 0 Å². The number of amides is 1. The van der Waals surface area contributed by atoms with Crippen molar-refractivity contribution in [3.8, 4) is 0 Å². The molecule has 0 radical (unpaired) electrons. The van der Waals surface area contributed by atoms with Gasteiger partial charge in [-0.2, -0.15) is 0 Å². The molecule has 0 aromatic heterocycles. The Morgan fingerprint density at radius 3 is 2.67 bits per heavy atom. The van der Waals surface area contributed by atoms with Crippen LogP contribution in [0.4, 0.5) is 5.69 Å². The molecule has 3 unspecified atom stereocenters. The van der Waals surface area contributed by atoms with E-state index in [4.69, 9.17) is 9.84 Å². The molecule has 2 aliphatic heterocycles. The van der Waals surface area contributed by atoms with E-state index in [0.29, 0.717) is 30.5 Å². The van der Waals surface area contributed by atoms with Crippen molar-refractivity contribution in [2.75, 3.05) is 38.8 Å². The summed E-state index contributed by atoms with van der Waals surface area (Å²) in [6, 6.07) is 6.68. The molecule has 2 heterocycles. The van der Waals surface area contributed by atoms with Gasteiger partial charge >= 0.3 is 5.97 Å². The molecule has 2 fully saturated rings. The summed E-state index contributed by atoms with van der Waals surface area (Å²) in [5.41, 5.74) is 3.31. The monoisotopic (exact) mass is 414 g/mol. The predicted octanol–water partition coefficient (Wildman–Crippen LogP) is 3.75. The lowest BCUT2D eigenvalue weighted by Gasteiger charge is -2.40. The van der Waals surface area contributed by atoms with E-state index < -0.39 is 5.97 Å². The summed E-state index contributed by atoms with van der Waals surface area (Å²) in [5, 5.41) is 8.82. The number of likely N-dealkylation sites (N-methyl/N-ethyl adjacent to an activating group) is 1. The van der Waals surface area contributed by atoms with Crippen LogP contribution in [0.3, 0.4) is 0 Å². The SMILES string of the molecule is CN(CCCC(=O)O)C(=O)c1ccc2c(c1)C1CC(C3CCOCC3)CCC1N2C. The zero-order valence-electron chi connectivity index (χ0n) is 18.2. The van der Waals surface area contributed by atoms with Crippen LogP contribution in [-0.2, 0) is 9.53 Å². The fourth-order valence-corrected chi connectivity index (χ4v) is 5.87. The lowest BCUT2D eigenvalue weighted by Crippen LogP contribution is -2.37. The van der Waals surface area contributed by atoms with E-state index >= 15 is 0 Å². The molecule has 6 heteroatoms. The van der Waals surface area contributed by atoms with Crippen LogP contribution in [-0.4, -0.2) is 61.8 Å². The molecule has 0 bridgehead atoms. The fourth-order valence-electron chi connectivity index (χ4n) is 5.87. The Balaban J connectivity index is 1.48. The van der Waals surface area contributed by atoms with Crippen LogP contribution in [0.2, 0.25) is 0 Å². The minimum absolute atomic E-state index is 0.0221. The third-order valence-corrected chi connectivity index (χ3v) is 7.57. The second-order valence-corrected chi connectivity index (χ2v) is 9.31. The molecule has 4 rings (SSSR count). The molecule has 1 saturated heterocycles. The molecular weight excluding hydrogens is 380 g/mol. The first-order chi connectivity index (χ1) is 14.5. The largest absolute Gasteiger partial charge is 0.481 e. The van der Waals surface area contributed by atoms with Crippen LogP contribution in [0.5, 0.6) is 0 Å². The number of rotatable bonds is 6. The van der Waals surface area contributed by atoms with Gasteiger partial charge in [-0.3, -0.25) is 9.59 Å². The second-order valence-electron chi connectivity index (χ2n) is 9.31. The van der Waals surface area contributed by atoms with Gasteiger partial charge < -0.3 is 19.6 Å². The zero-order chi connectivity index (χ0) is 21.3. The maximum absolute atomic E-state index is 12.9. The standard InChI is InChI=1S/C24H34N2O4/c1-25(11-3-4-23(27)28)24(29)18-6-8-22-20(15-18)19-14-17(5-7-21(19)26(22)2)16-9-12-30-13-10-16/h6,8,15-17,19,21H,3-5,7,9-14H2,1-2H3,(H,27,28). The van der Waals surface area contributed by atoms with Gasteiger partial charge in [0.1, 0.15) is 0 Å². The molecule has 164 valence electrons. The number of ether oxygens (including phenoxy) is 1. The van der Waals surface area contributed by atoms with Gasteiger partial charge in [-0.1, -0.05) is 0 Å². The zero-order valence-corrected chi connectivity index (χ0v) is 18.2. The maximum Gasteiger partial charge on any atom is 0.303 e. The van der Waals surface area contributed by atoms with Gasteiger partial charge in [0.05, 0.1) is 0 Å². The number of benzene rings is 1. The van der Waals surface area contributed by atoms with Crippen LogP contribution in [0.25, 0.3) is 0 Å². The third kappa shape index (κ3) is 4.20. The van der Waals surface area contributed by atoms with Crippen LogP contribution in [0, 0.1) is 11.8 Å². The van der Waals surface area contributed by atoms with Gasteiger partial charge in [0.2, 0.25) is 0 Å². The van der Waals surface area contributed by atoms with Gasteiger partial charge in [0.15, 0.2) is 0 Å². The minimum Gasteiger partial charge on any atom is -0.481 e. The number of fused-ring (bicyclic) bond motifs is 3. The topological polar surface area (TPSA) is 70.1 Å². The molecule has 3 atom stereocenters. The van der Waals surface area contributed by atoms with Gasteiger partial charge in [-0.15, -0.1) is 0 Å². The van der Waals surface area contributed by atoms with E-state index in [9.17, 15) is 9.59 Å². The molecule has 1 N–H and O–H groups in total. The van der Waals surface area contributed by atoms with Crippen LogP contribution >= 0.6 is 0 Å². The molecule has 1 aromatic rings. The number of anilines is 1. The van der Waals surface area contributed by atoms with Gasteiger partial charge in [0, 0.05) is 63.5 Å². The average molecular weight is 415 g/mol. The maximum atomic E-state index is 12.9. The summed E-state index contributed by atoms with van der Waals surface area (Å²) in [6.45, 7) is 2.26. The van der Waals surface area contributed by atoms with Crippen molar-refractivity contribution in [3.05, 3.63) is 29.3 Å². The van der Waals surface area contributed by atoms with E-state index in [2.05, 4.69) is 24.1 Å². The first kappa shape index (κ1) is 21.2. The van der Waals surface area contributed by atoms with Crippen LogP contribution < -0.4 is 4.90 Å². The van der Waals surface area contributed by atoms with Gasteiger partial charge in [0.25, 0.3) is 5.91 Å². The fraction of sp³-hybridized carbons (Fsp3) is 0.667. The van der Waals surface area contributed by atoms with E-state index in [1.165, 1.54) is 43.4 Å². The van der Waals surface area contributed by atoms with E-state index in [1.54, 1.807) is 11.9 Å². The number of hydrogen-bond acceptors (Lipinski definition) is 4. The first-order valence-electron chi connectivity index (χ1n) is 11.4. The Morgan fingerprint density at radius 1 is 1.17 bits per heavy atom. The quantitative estimate of drug-likeness (QED) is 0.768. The highest BCUT2D eigenvalue weighted by Crippen LogP contribution is 2.51. The highest BCUT2D eigenvalue weighted by Gasteiger charge is 2.42. The molecule has 1 amide bonds. The molecule has 6 nitrogen and oxygen atoms in total. The number of hydrogen-bond donors (Lipinski definition) is 1. The molecule has 1 saturated carbocycles. The van der Waals surface area contributed by atoms with Crippen molar-refractivity contribution in [1.29, 1.82) is 0 Å². The van der Waals surface area contributed by atoms with E-state index in [-0.39, 0.29) is 12.3 Å². The second kappa shape index (κ2) is 8.96. The number of nitrogens with zero attached hydrogens (tertiary/aromatic N) is 2. The number of aliphatic carboxylic acids is 1. The number of carboxylic acid groups (broad SMARTS) is 1. The Kier molecular flexibility index (Phi) is 6.32. The molecule has 3 aliphatic rings. The molecular formula is C24H34N2O4. The average Bonchev–Trinajstić information content (AvgIpc) is 3.04. The third-order valence-electron chi connectivity index (χ3n) is 7.57. The number of carbonyl (C=O) groups excluding carboxylic acids is 1. The van der Waals surface area contributed by atoms with Gasteiger partial charge in [-0.05, 0) is 74.1 Å². The Labute approximate surface area is 179 Å². The van der Waals surface area contributed by atoms with Crippen molar-refractivity contribution in [2.45, 2.75) is 56.9 Å². The lowest BCUT2D eigenvalue weighted by molar-refractivity contribution is -0.137. The highest BCUT2D eigenvalue weighted by atomic mass is 16.5. The van der Waals surface area contributed by atoms with E-state index in [1.807, 2.05) is 6.07 Å². The Morgan fingerprint density at radius 2 is 1.93 bits per heavy atom. The highest BCUT2D eigenvalue weighted by molar-refractivity contribution is 5.95. The van der Waals surface area contributed by atoms with Crippen molar-refractivity contribution >= 4 is 17.6 Å². The van der Waals surface area contributed by atoms with Crippen LogP contribution in [0.1, 0.15) is 66.8 Å². The first-order valence-corrected chi connectivity index (χ1v) is 11.4. The van der Waals surface area contributed by atoms with Crippen LogP contribution in [0.15, 0.2) is 18.2 Å². The summed E-state index contributed by atoms with van der Waals surface area (Å²) >= 11 is 0. The van der Waals surface area contributed by atoms with Crippen molar-refractivity contribution < 1.29 is 19.4 Å². The predicted molar refractivity (Wildman–Crippen MR) is 116 cm³/mol. The lowest BCUT2D eigenvalue weighted by atomic mass is 9.70. The van der Waals surface area contributed by atoms with Crippen molar-refractivity contribution in [3.63, 3.8) is 0 Å². The smallest absolute Gasteiger partial charge is 0.303 e. The number of carboxylic acids is 1. The van der Waals surface area contributed by atoms with Crippen molar-refractivity contribution in [2.24, 2.45) is 11.8 Å².